The van der Waals surface area contributed by atoms with Crippen LogP contribution in [0.25, 0.3) is 0 Å². The van der Waals surface area contributed by atoms with E-state index in [4.69, 9.17) is 9.88 Å². The van der Waals surface area contributed by atoms with Crippen LogP contribution in [-0.4, -0.2) is 32.0 Å². The van der Waals surface area contributed by atoms with E-state index < -0.39 is 28.5 Å². The Balaban J connectivity index is 2.00. The molecule has 0 aromatic heterocycles. The number of benzene rings is 2. The van der Waals surface area contributed by atoms with Crippen molar-refractivity contribution in [3.63, 3.8) is 0 Å². The van der Waals surface area contributed by atoms with Crippen LogP contribution < -0.4 is 10.5 Å². The largest absolute Gasteiger partial charge is 0.507 e. The molecule has 2 rings (SSSR count). The third kappa shape index (κ3) is 6.53. The summed E-state index contributed by atoms with van der Waals surface area (Å²) in [6.07, 6.45) is 0. The summed E-state index contributed by atoms with van der Waals surface area (Å²) in [5.41, 5.74) is 2.21. The molecule has 0 radical (unpaired) electrons. The van der Waals surface area contributed by atoms with Crippen molar-refractivity contribution in [3.05, 3.63) is 58.7 Å². The second-order valence-corrected chi connectivity index (χ2v) is 9.42. The molecule has 0 aliphatic heterocycles. The Morgan fingerprint density at radius 3 is 2.19 bits per heavy atom. The van der Waals surface area contributed by atoms with Gasteiger partial charge in [-0.1, -0.05) is 45.9 Å². The summed E-state index contributed by atoms with van der Waals surface area (Å²) in [6, 6.07) is 9.18. The van der Waals surface area contributed by atoms with Crippen molar-refractivity contribution < 1.29 is 27.9 Å². The third-order valence-electron chi connectivity index (χ3n) is 4.75. The second kappa shape index (κ2) is 9.93. The molecule has 0 spiro atoms. The molecule has 0 heterocycles. The molecule has 0 saturated carbocycles. The van der Waals surface area contributed by atoms with Gasteiger partial charge in [-0.2, -0.15) is 0 Å². The molecule has 9 heteroatoms. The number of rotatable bonds is 8. The van der Waals surface area contributed by atoms with Gasteiger partial charge < -0.3 is 15.2 Å². The number of aromatic hydroxyl groups is 1. The highest BCUT2D eigenvalue weighted by Crippen LogP contribution is 2.33. The molecule has 0 aliphatic rings. The number of sulfonamides is 1. The molecule has 0 bridgehead atoms. The number of carbonyl (C=O) groups is 2. The summed E-state index contributed by atoms with van der Waals surface area (Å²) in [7, 11) is -3.78. The van der Waals surface area contributed by atoms with E-state index in [0.717, 1.165) is 5.56 Å². The van der Waals surface area contributed by atoms with Crippen LogP contribution >= 0.6 is 0 Å². The van der Waals surface area contributed by atoms with Crippen LogP contribution in [0.1, 0.15) is 66.6 Å². The van der Waals surface area contributed by atoms with Crippen LogP contribution in [0.3, 0.4) is 0 Å². The van der Waals surface area contributed by atoms with E-state index in [0.29, 0.717) is 11.1 Å². The summed E-state index contributed by atoms with van der Waals surface area (Å²) in [6.45, 7) is 7.39. The lowest BCUT2D eigenvalue weighted by Gasteiger charge is -2.16. The van der Waals surface area contributed by atoms with E-state index in [1.807, 2.05) is 33.8 Å². The number of nitrogens with two attached hydrogens (primary N) is 1. The van der Waals surface area contributed by atoms with Crippen molar-refractivity contribution in [2.45, 2.75) is 51.0 Å². The minimum Gasteiger partial charge on any atom is -0.507 e. The highest BCUT2D eigenvalue weighted by Gasteiger charge is 2.21. The number of hydrogen-bond acceptors (Lipinski definition) is 6. The van der Waals surface area contributed by atoms with E-state index in [1.54, 1.807) is 6.07 Å². The molecule has 1 amide bonds. The third-order valence-corrected chi connectivity index (χ3v) is 5.68. The van der Waals surface area contributed by atoms with Crippen molar-refractivity contribution in [2.24, 2.45) is 5.14 Å². The molecular weight excluding hydrogens is 420 g/mol. The number of nitrogens with one attached hydrogen (secondary N) is 1. The van der Waals surface area contributed by atoms with Gasteiger partial charge in [0.1, 0.15) is 11.3 Å². The average molecular weight is 449 g/mol. The predicted molar refractivity (Wildman–Crippen MR) is 116 cm³/mol. The molecule has 168 valence electrons. The molecule has 4 N–H and O–H groups in total. The summed E-state index contributed by atoms with van der Waals surface area (Å²) in [5, 5.41) is 18.1. The number of hydrogen-bond donors (Lipinski definition) is 3. The average Bonchev–Trinajstić information content (AvgIpc) is 2.69. The first-order chi connectivity index (χ1) is 14.4. The minimum atomic E-state index is -3.78. The van der Waals surface area contributed by atoms with E-state index in [9.17, 15) is 23.1 Å². The molecular formula is C22H28N2O6S. The lowest BCUT2D eigenvalue weighted by Crippen LogP contribution is -2.28. The van der Waals surface area contributed by atoms with Crippen molar-refractivity contribution in [1.29, 1.82) is 0 Å². The number of phenolic OH excluding ortho intramolecular Hbond substituents is 1. The number of esters is 1. The van der Waals surface area contributed by atoms with Gasteiger partial charge in [-0.3, -0.25) is 4.79 Å². The zero-order chi connectivity index (χ0) is 23.3. The number of ether oxygens (including phenoxy) is 1. The van der Waals surface area contributed by atoms with Gasteiger partial charge >= 0.3 is 5.97 Å². The molecule has 0 fully saturated rings. The van der Waals surface area contributed by atoms with Gasteiger partial charge in [0.15, 0.2) is 6.61 Å². The molecule has 2 aromatic carbocycles. The van der Waals surface area contributed by atoms with E-state index in [2.05, 4.69) is 5.32 Å². The summed E-state index contributed by atoms with van der Waals surface area (Å²) >= 11 is 0. The minimum absolute atomic E-state index is 0.00851. The SMILES string of the molecule is CC(C)c1cc(C(=O)OCC(=O)NCc2ccc(S(N)(=O)=O)cc2)c(O)c(C(C)C)c1. The maximum atomic E-state index is 12.5. The number of carbonyl (C=O) groups excluding carboxylic acids is 2. The fourth-order valence-electron chi connectivity index (χ4n) is 2.87. The molecule has 31 heavy (non-hydrogen) atoms. The summed E-state index contributed by atoms with van der Waals surface area (Å²) in [5.74, 6) is -1.30. The molecule has 8 nitrogen and oxygen atoms in total. The van der Waals surface area contributed by atoms with Crippen molar-refractivity contribution in [2.75, 3.05) is 6.61 Å². The zero-order valence-corrected chi connectivity index (χ0v) is 18.8. The summed E-state index contributed by atoms with van der Waals surface area (Å²) in [4.78, 5) is 24.5. The smallest absolute Gasteiger partial charge is 0.342 e. The quantitative estimate of drug-likeness (QED) is 0.531. The van der Waals surface area contributed by atoms with E-state index in [-0.39, 0.29) is 34.6 Å². The lowest BCUT2D eigenvalue weighted by molar-refractivity contribution is -0.124. The Hall–Kier alpha value is -2.91. The second-order valence-electron chi connectivity index (χ2n) is 7.86. The van der Waals surface area contributed by atoms with Gasteiger partial charge in [-0.15, -0.1) is 0 Å². The van der Waals surface area contributed by atoms with Crippen LogP contribution in [0.5, 0.6) is 5.75 Å². The highest BCUT2D eigenvalue weighted by molar-refractivity contribution is 7.89. The molecule has 0 aliphatic carbocycles. The van der Waals surface area contributed by atoms with Crippen LogP contribution in [0.2, 0.25) is 0 Å². The Kier molecular flexibility index (Phi) is 7.80. The van der Waals surface area contributed by atoms with Crippen molar-refractivity contribution in [3.8, 4) is 5.75 Å². The molecule has 2 aromatic rings. The first-order valence-electron chi connectivity index (χ1n) is 9.82. The van der Waals surface area contributed by atoms with Gasteiger partial charge in [0.05, 0.1) is 4.90 Å². The van der Waals surface area contributed by atoms with Gasteiger partial charge in [0.2, 0.25) is 10.0 Å². The Morgan fingerprint density at radius 2 is 1.68 bits per heavy atom. The van der Waals surface area contributed by atoms with Crippen LogP contribution in [0.4, 0.5) is 0 Å². The van der Waals surface area contributed by atoms with Gasteiger partial charge in [0.25, 0.3) is 5.91 Å². The van der Waals surface area contributed by atoms with Crippen molar-refractivity contribution >= 4 is 21.9 Å². The Morgan fingerprint density at radius 1 is 1.06 bits per heavy atom. The Labute approximate surface area is 182 Å². The van der Waals surface area contributed by atoms with Crippen LogP contribution in [0.15, 0.2) is 41.3 Å². The monoisotopic (exact) mass is 448 g/mol. The zero-order valence-electron chi connectivity index (χ0n) is 18.0. The number of primary sulfonamides is 1. The van der Waals surface area contributed by atoms with Crippen LogP contribution in [0, 0.1) is 0 Å². The summed E-state index contributed by atoms with van der Waals surface area (Å²) < 4.78 is 27.6. The fourth-order valence-corrected chi connectivity index (χ4v) is 3.38. The first kappa shape index (κ1) is 24.4. The van der Waals surface area contributed by atoms with Gasteiger partial charge in [0, 0.05) is 6.54 Å². The van der Waals surface area contributed by atoms with E-state index in [1.165, 1.54) is 24.3 Å². The number of amides is 1. The maximum Gasteiger partial charge on any atom is 0.342 e. The van der Waals surface area contributed by atoms with Gasteiger partial charge in [-0.25, -0.2) is 18.4 Å². The first-order valence-corrected chi connectivity index (χ1v) is 11.4. The number of phenols is 1. The molecule has 0 saturated heterocycles. The lowest BCUT2D eigenvalue weighted by atomic mass is 9.92. The standard InChI is InChI=1S/C22H28N2O6S/c1-13(2)16-9-18(14(3)4)21(26)19(10-16)22(27)30-12-20(25)24-11-15-5-7-17(8-6-15)31(23,28)29/h5-10,13-14,26H,11-12H2,1-4H3,(H,24,25)(H2,23,28,29). The van der Waals surface area contributed by atoms with E-state index >= 15 is 0 Å². The normalized spacial score (nSPS) is 11.6. The van der Waals surface area contributed by atoms with Crippen molar-refractivity contribution in [1.82, 2.24) is 5.32 Å². The topological polar surface area (TPSA) is 136 Å². The van der Waals surface area contributed by atoms with Gasteiger partial charge in [-0.05, 0) is 46.7 Å². The highest BCUT2D eigenvalue weighted by atomic mass is 32.2. The van der Waals surface area contributed by atoms with Crippen LogP contribution in [-0.2, 0) is 26.1 Å². The predicted octanol–water partition coefficient (Wildman–Crippen LogP) is 2.76. The maximum absolute atomic E-state index is 12.5. The Bertz CT molecular complexity index is 1060. The molecule has 0 unspecified atom stereocenters. The fraction of sp³-hybridized carbons (Fsp3) is 0.364. The molecule has 0 atom stereocenters.